The fourth-order valence-electron chi connectivity index (χ4n) is 3.37. The van der Waals surface area contributed by atoms with Gasteiger partial charge in [-0.1, -0.05) is 50.2 Å². The van der Waals surface area contributed by atoms with Gasteiger partial charge >= 0.3 is 5.97 Å². The van der Waals surface area contributed by atoms with Crippen molar-refractivity contribution in [3.8, 4) is 0 Å². The third-order valence-corrected chi connectivity index (χ3v) is 5.32. The summed E-state index contributed by atoms with van der Waals surface area (Å²) >= 11 is 0. The average molecular weight is 417 g/mol. The molecule has 0 radical (unpaired) electrons. The molecule has 0 aromatic heterocycles. The third-order valence-electron chi connectivity index (χ3n) is 5.32. The highest BCUT2D eigenvalue weighted by Gasteiger charge is 2.46. The normalized spacial score (nSPS) is 15.8. The molecule has 2 N–H and O–H groups in total. The smallest absolute Gasteiger partial charge is 0.335 e. The Hall–Kier alpha value is -2.80. The molecule has 1 saturated carbocycles. The van der Waals surface area contributed by atoms with Gasteiger partial charge in [0.15, 0.2) is 0 Å². The summed E-state index contributed by atoms with van der Waals surface area (Å²) in [6.07, 6.45) is -1.68. The van der Waals surface area contributed by atoms with Gasteiger partial charge in [-0.05, 0) is 42.0 Å². The van der Waals surface area contributed by atoms with Crippen molar-refractivity contribution < 1.29 is 28.2 Å². The van der Waals surface area contributed by atoms with Crippen LogP contribution in [0.4, 0.5) is 8.78 Å². The van der Waals surface area contributed by atoms with E-state index in [1.54, 1.807) is 24.3 Å². The van der Waals surface area contributed by atoms with Crippen molar-refractivity contribution in [2.45, 2.75) is 51.4 Å². The molecule has 1 amide bonds. The van der Waals surface area contributed by atoms with E-state index in [0.29, 0.717) is 5.56 Å². The lowest BCUT2D eigenvalue weighted by Crippen LogP contribution is -2.44. The molecule has 1 unspecified atom stereocenters. The second-order valence-corrected chi connectivity index (χ2v) is 7.97. The maximum atomic E-state index is 12.9. The van der Waals surface area contributed by atoms with E-state index in [1.165, 1.54) is 24.3 Å². The van der Waals surface area contributed by atoms with Gasteiger partial charge in [0.05, 0.1) is 17.7 Å². The number of rotatable bonds is 9. The molecule has 0 bridgehead atoms. The first kappa shape index (κ1) is 21.9. The quantitative estimate of drug-likeness (QED) is 0.622. The molecule has 30 heavy (non-hydrogen) atoms. The number of aromatic carboxylic acids is 1. The Labute approximate surface area is 174 Å². The number of ether oxygens (including phenoxy) is 1. The van der Waals surface area contributed by atoms with Crippen LogP contribution in [0, 0.1) is 5.92 Å². The van der Waals surface area contributed by atoms with E-state index in [0.717, 1.165) is 18.4 Å². The van der Waals surface area contributed by atoms with Crippen LogP contribution >= 0.6 is 0 Å². The zero-order valence-corrected chi connectivity index (χ0v) is 16.9. The molecule has 0 spiro atoms. The third kappa shape index (κ3) is 5.02. The molecule has 0 heterocycles. The summed E-state index contributed by atoms with van der Waals surface area (Å²) in [5.74, 6) is -1.32. The number of carbonyl (C=O) groups is 2. The monoisotopic (exact) mass is 417 g/mol. The zero-order valence-electron chi connectivity index (χ0n) is 16.9. The summed E-state index contributed by atoms with van der Waals surface area (Å²) in [6, 6.07) is 12.4. The number of benzene rings is 2. The predicted octanol–water partition coefficient (Wildman–Crippen LogP) is 4.67. The number of carbonyl (C=O) groups excluding carboxylic acids is 1. The van der Waals surface area contributed by atoms with Crippen molar-refractivity contribution in [2.24, 2.45) is 5.92 Å². The molecule has 7 heteroatoms. The first-order valence-electron chi connectivity index (χ1n) is 9.86. The van der Waals surface area contributed by atoms with E-state index in [4.69, 9.17) is 9.84 Å². The summed E-state index contributed by atoms with van der Waals surface area (Å²) in [5.41, 5.74) is 1.22. The molecule has 3 rings (SSSR count). The van der Waals surface area contributed by atoms with Gasteiger partial charge in [0.2, 0.25) is 5.91 Å². The Kier molecular flexibility index (Phi) is 6.51. The fraction of sp³-hybridized carbons (Fsp3) is 0.391. The first-order chi connectivity index (χ1) is 14.2. The maximum absolute atomic E-state index is 12.9. The Morgan fingerprint density at radius 2 is 1.67 bits per heavy atom. The highest BCUT2D eigenvalue weighted by Crippen LogP contribution is 2.45. The number of carboxylic acid groups (broad SMARTS) is 1. The number of hydrogen-bond donors (Lipinski definition) is 2. The average Bonchev–Trinajstić information content (AvgIpc) is 3.48. The van der Waals surface area contributed by atoms with Gasteiger partial charge in [-0.2, -0.15) is 0 Å². The molecular weight excluding hydrogens is 392 g/mol. The van der Waals surface area contributed by atoms with Gasteiger partial charge in [0.1, 0.15) is 6.10 Å². The van der Waals surface area contributed by atoms with Crippen LogP contribution in [0.5, 0.6) is 0 Å². The van der Waals surface area contributed by atoms with Crippen LogP contribution in [-0.4, -0.2) is 23.1 Å². The first-order valence-corrected chi connectivity index (χ1v) is 9.86. The summed E-state index contributed by atoms with van der Waals surface area (Å²) in [7, 11) is 0. The highest BCUT2D eigenvalue weighted by atomic mass is 19.3. The number of nitrogens with one attached hydrogen (secondary N) is 1. The second-order valence-electron chi connectivity index (χ2n) is 7.97. The molecule has 2 aromatic carbocycles. The molecule has 5 nitrogen and oxygen atoms in total. The van der Waals surface area contributed by atoms with Crippen molar-refractivity contribution in [2.75, 3.05) is 0 Å². The van der Waals surface area contributed by atoms with Crippen LogP contribution in [-0.2, 0) is 21.7 Å². The van der Waals surface area contributed by atoms with E-state index < -0.39 is 24.0 Å². The molecule has 160 valence electrons. The molecule has 2 aromatic rings. The van der Waals surface area contributed by atoms with Gasteiger partial charge in [0, 0.05) is 5.56 Å². The lowest BCUT2D eigenvalue weighted by Gasteiger charge is -2.25. The summed E-state index contributed by atoms with van der Waals surface area (Å²) in [6.45, 7) is 3.90. The Morgan fingerprint density at radius 1 is 1.07 bits per heavy atom. The van der Waals surface area contributed by atoms with Crippen molar-refractivity contribution >= 4 is 11.9 Å². The highest BCUT2D eigenvalue weighted by molar-refractivity contribution is 5.87. The minimum absolute atomic E-state index is 0.0542. The van der Waals surface area contributed by atoms with Crippen LogP contribution in [0.2, 0.25) is 0 Å². The number of hydrogen-bond acceptors (Lipinski definition) is 3. The topological polar surface area (TPSA) is 75.6 Å². The van der Waals surface area contributed by atoms with Gasteiger partial charge in [-0.3, -0.25) is 4.79 Å². The number of alkyl halides is 2. The zero-order chi connectivity index (χ0) is 21.9. The molecule has 0 saturated heterocycles. The lowest BCUT2D eigenvalue weighted by molar-refractivity contribution is -0.137. The number of halogens is 2. The van der Waals surface area contributed by atoms with Crippen LogP contribution in [0.1, 0.15) is 60.2 Å². The predicted molar refractivity (Wildman–Crippen MR) is 107 cm³/mol. The van der Waals surface area contributed by atoms with E-state index >= 15 is 0 Å². The van der Waals surface area contributed by atoms with Gasteiger partial charge in [-0.25, -0.2) is 13.6 Å². The molecule has 0 aliphatic heterocycles. The van der Waals surface area contributed by atoms with Crippen molar-refractivity contribution in [3.63, 3.8) is 0 Å². The van der Waals surface area contributed by atoms with Crippen molar-refractivity contribution in [1.82, 2.24) is 5.32 Å². The number of carboxylic acids is 1. The lowest BCUT2D eigenvalue weighted by atomic mass is 10.0. The van der Waals surface area contributed by atoms with Gasteiger partial charge in [0.25, 0.3) is 6.43 Å². The van der Waals surface area contributed by atoms with Crippen molar-refractivity contribution in [3.05, 3.63) is 70.8 Å². The van der Waals surface area contributed by atoms with Crippen LogP contribution in [0.3, 0.4) is 0 Å². The Balaban J connectivity index is 1.64. The second kappa shape index (κ2) is 8.92. The standard InChI is InChI=1S/C23H25F2NO4/c1-14(2)19(30-13-15-3-5-16(6-4-15)20(24)25)21(27)26-23(11-12-23)18-9-7-17(8-10-18)22(28)29/h3-10,14,19-20H,11-13H2,1-2H3,(H,26,27)(H,28,29). The summed E-state index contributed by atoms with van der Waals surface area (Å²) < 4.78 is 31.2. The fourth-order valence-corrected chi connectivity index (χ4v) is 3.37. The van der Waals surface area contributed by atoms with Gasteiger partial charge in [-0.15, -0.1) is 0 Å². The molecule has 1 atom stereocenters. The van der Waals surface area contributed by atoms with Crippen molar-refractivity contribution in [1.29, 1.82) is 0 Å². The molecule has 1 aliphatic rings. The molecule has 1 aliphatic carbocycles. The Morgan fingerprint density at radius 3 is 2.13 bits per heavy atom. The van der Waals surface area contributed by atoms with Crippen LogP contribution < -0.4 is 5.32 Å². The molecule has 1 fully saturated rings. The SMILES string of the molecule is CC(C)C(OCc1ccc(C(F)F)cc1)C(=O)NC1(c2ccc(C(=O)O)cc2)CC1. The Bertz CT molecular complexity index is 890. The van der Waals surface area contributed by atoms with E-state index in [-0.39, 0.29) is 29.6 Å². The van der Waals surface area contributed by atoms with E-state index in [9.17, 15) is 18.4 Å². The minimum atomic E-state index is -2.52. The maximum Gasteiger partial charge on any atom is 0.335 e. The largest absolute Gasteiger partial charge is 0.478 e. The summed E-state index contributed by atoms with van der Waals surface area (Å²) in [5, 5.41) is 12.1. The molecular formula is C23H25F2NO4. The van der Waals surface area contributed by atoms with E-state index in [2.05, 4.69) is 5.32 Å². The number of amides is 1. The van der Waals surface area contributed by atoms with E-state index in [1.807, 2.05) is 13.8 Å². The van der Waals surface area contributed by atoms with Crippen LogP contribution in [0.25, 0.3) is 0 Å². The summed E-state index contributed by atoms with van der Waals surface area (Å²) in [4.78, 5) is 24.0. The minimum Gasteiger partial charge on any atom is -0.478 e. The van der Waals surface area contributed by atoms with Crippen LogP contribution in [0.15, 0.2) is 48.5 Å². The van der Waals surface area contributed by atoms with Gasteiger partial charge < -0.3 is 15.2 Å².